The van der Waals surface area contributed by atoms with Gasteiger partial charge in [-0.25, -0.2) is 0 Å². The summed E-state index contributed by atoms with van der Waals surface area (Å²) in [5, 5.41) is 7.42. The van der Waals surface area contributed by atoms with E-state index in [0.717, 1.165) is 6.92 Å². The summed E-state index contributed by atoms with van der Waals surface area (Å²) in [5.74, 6) is -0.833. The van der Waals surface area contributed by atoms with E-state index in [0.29, 0.717) is 0 Å². The van der Waals surface area contributed by atoms with Crippen LogP contribution in [-0.4, -0.2) is 29.1 Å². The maximum absolute atomic E-state index is 9.00. The molecule has 1 heterocycles. The van der Waals surface area contributed by atoms with Gasteiger partial charge in [-0.1, -0.05) is 25.8 Å². The number of unbranched alkanes of at least 4 members (excludes halogenated alkanes) is 2. The van der Waals surface area contributed by atoms with Crippen molar-refractivity contribution in [1.82, 2.24) is 4.90 Å². The van der Waals surface area contributed by atoms with Gasteiger partial charge in [0.05, 0.1) is 0 Å². The van der Waals surface area contributed by atoms with E-state index >= 15 is 0 Å². The topological polar surface area (TPSA) is 40.5 Å². The van der Waals surface area contributed by atoms with Crippen LogP contribution >= 0.6 is 0 Å². The number of hydrogen-bond donors (Lipinski definition) is 1. The Morgan fingerprint density at radius 1 is 1.50 bits per heavy atom. The van der Waals surface area contributed by atoms with Gasteiger partial charge in [-0.2, -0.15) is 0 Å². The van der Waals surface area contributed by atoms with Gasteiger partial charge in [0.1, 0.15) is 0 Å². The zero-order chi connectivity index (χ0) is 12.4. The summed E-state index contributed by atoms with van der Waals surface area (Å²) in [7, 11) is 0. The van der Waals surface area contributed by atoms with Gasteiger partial charge in [0.25, 0.3) is 5.97 Å². The molecule has 0 amide bonds. The Balaban J connectivity index is 0.000000487. The minimum absolute atomic E-state index is 0.833. The van der Waals surface area contributed by atoms with E-state index in [4.69, 9.17) is 9.90 Å². The fraction of sp³-hybridized carbons (Fsp3) is 0.769. The van der Waals surface area contributed by atoms with Gasteiger partial charge in [-0.15, -0.1) is 0 Å². The molecule has 3 nitrogen and oxygen atoms in total. The monoisotopic (exact) mass is 227 g/mol. The van der Waals surface area contributed by atoms with E-state index < -0.39 is 5.97 Å². The Morgan fingerprint density at radius 2 is 2.12 bits per heavy atom. The second-order valence-electron chi connectivity index (χ2n) is 4.04. The van der Waals surface area contributed by atoms with Gasteiger partial charge in [-0.05, 0) is 26.2 Å². The molecule has 1 aliphatic rings. The molecule has 0 unspecified atom stereocenters. The molecule has 1 aliphatic heterocycles. The minimum Gasteiger partial charge on any atom is -0.481 e. The van der Waals surface area contributed by atoms with Crippen LogP contribution in [0.4, 0.5) is 0 Å². The second-order valence-corrected chi connectivity index (χ2v) is 4.04. The Hall–Kier alpha value is -0.990. The number of carboxylic acids is 1. The molecule has 0 atom stereocenters. The smallest absolute Gasteiger partial charge is 0.300 e. The van der Waals surface area contributed by atoms with Crippen molar-refractivity contribution in [3.8, 4) is 0 Å². The number of nitrogens with zero attached hydrogens (tertiary/aromatic N) is 1. The van der Waals surface area contributed by atoms with Crippen LogP contribution in [0.15, 0.2) is 11.8 Å². The van der Waals surface area contributed by atoms with Gasteiger partial charge >= 0.3 is 0 Å². The van der Waals surface area contributed by atoms with E-state index in [2.05, 4.69) is 24.8 Å². The van der Waals surface area contributed by atoms with Crippen LogP contribution in [0.3, 0.4) is 0 Å². The lowest BCUT2D eigenvalue weighted by Gasteiger charge is -2.17. The van der Waals surface area contributed by atoms with Gasteiger partial charge in [-0.3, -0.25) is 4.79 Å². The molecule has 16 heavy (non-hydrogen) atoms. The van der Waals surface area contributed by atoms with Crippen LogP contribution in [0.5, 0.6) is 0 Å². The average Bonchev–Trinajstić information content (AvgIpc) is 2.65. The van der Waals surface area contributed by atoms with Gasteiger partial charge in [0, 0.05) is 25.7 Å². The minimum atomic E-state index is -0.833. The Bertz CT molecular complexity index is 220. The van der Waals surface area contributed by atoms with Crippen molar-refractivity contribution in [2.24, 2.45) is 0 Å². The average molecular weight is 227 g/mol. The molecule has 1 saturated heterocycles. The zero-order valence-electron chi connectivity index (χ0n) is 10.8. The van der Waals surface area contributed by atoms with Crippen molar-refractivity contribution in [3.63, 3.8) is 0 Å². The molecule has 3 heteroatoms. The third-order valence-electron chi connectivity index (χ3n) is 2.59. The van der Waals surface area contributed by atoms with E-state index in [-0.39, 0.29) is 0 Å². The van der Waals surface area contributed by atoms with Crippen molar-refractivity contribution >= 4 is 5.97 Å². The molecular weight excluding hydrogens is 202 g/mol. The number of allylic oxidation sites excluding steroid dienone is 2. The fourth-order valence-corrected chi connectivity index (χ4v) is 1.82. The summed E-state index contributed by atoms with van der Waals surface area (Å²) in [5.41, 5.74) is 1.60. The third-order valence-corrected chi connectivity index (χ3v) is 2.59. The number of likely N-dealkylation sites (tertiary alicyclic amines) is 1. The van der Waals surface area contributed by atoms with Gasteiger partial charge in [0.2, 0.25) is 0 Å². The summed E-state index contributed by atoms with van der Waals surface area (Å²) in [6.45, 7) is 8.07. The van der Waals surface area contributed by atoms with Crippen LogP contribution < -0.4 is 0 Å². The van der Waals surface area contributed by atoms with E-state index in [9.17, 15) is 0 Å². The van der Waals surface area contributed by atoms with Crippen LogP contribution in [0.2, 0.25) is 0 Å². The van der Waals surface area contributed by atoms with Crippen molar-refractivity contribution in [3.05, 3.63) is 11.8 Å². The lowest BCUT2D eigenvalue weighted by atomic mass is 10.2. The summed E-state index contributed by atoms with van der Waals surface area (Å²) >= 11 is 0. The molecule has 1 rings (SSSR count). The highest BCUT2D eigenvalue weighted by Crippen LogP contribution is 2.20. The molecule has 0 aromatic heterocycles. The fourth-order valence-electron chi connectivity index (χ4n) is 1.82. The highest BCUT2D eigenvalue weighted by Gasteiger charge is 2.13. The Labute approximate surface area is 99.1 Å². The number of carboxylic acid groups (broad SMARTS) is 1. The van der Waals surface area contributed by atoms with Gasteiger partial charge < -0.3 is 10.0 Å². The highest BCUT2D eigenvalue weighted by atomic mass is 16.4. The van der Waals surface area contributed by atoms with Crippen LogP contribution in [0.25, 0.3) is 0 Å². The normalized spacial score (nSPS) is 17.2. The third kappa shape index (κ3) is 7.32. The molecular formula is C13H25NO2. The Kier molecular flexibility index (Phi) is 8.68. The van der Waals surface area contributed by atoms with Crippen molar-refractivity contribution in [2.45, 2.75) is 52.9 Å². The largest absolute Gasteiger partial charge is 0.481 e. The molecule has 0 aliphatic carbocycles. The molecule has 1 N–H and O–H groups in total. The van der Waals surface area contributed by atoms with E-state index in [1.165, 1.54) is 45.2 Å². The first kappa shape index (κ1) is 15.0. The molecule has 1 fully saturated rings. The Morgan fingerprint density at radius 3 is 2.62 bits per heavy atom. The maximum Gasteiger partial charge on any atom is 0.300 e. The van der Waals surface area contributed by atoms with E-state index in [1.54, 1.807) is 5.70 Å². The van der Waals surface area contributed by atoms with E-state index in [1.807, 2.05) is 0 Å². The molecule has 0 radical (unpaired) electrons. The lowest BCUT2D eigenvalue weighted by Crippen LogP contribution is -2.16. The molecule has 0 saturated carbocycles. The molecule has 0 aromatic carbocycles. The molecule has 0 spiro atoms. The highest BCUT2D eigenvalue weighted by molar-refractivity contribution is 5.62. The summed E-state index contributed by atoms with van der Waals surface area (Å²) in [6.07, 6.45) is 9.07. The standard InChI is InChI=1S/C11H21N.C2H4O2/c1-3-5-6-8-11-9-7-10-12(11)4-2;1-2(3)4/h8H,3-7,9-10H2,1-2H3;1H3,(H,3,4). The SMILES string of the molecule is CC(=O)O.CCCCC=C1CCCN1CC. The number of hydrogen-bond acceptors (Lipinski definition) is 2. The first-order valence-electron chi connectivity index (χ1n) is 6.25. The quantitative estimate of drug-likeness (QED) is 0.749. The number of carbonyl (C=O) groups is 1. The number of rotatable bonds is 4. The number of aliphatic carboxylic acids is 1. The summed E-state index contributed by atoms with van der Waals surface area (Å²) in [4.78, 5) is 11.5. The van der Waals surface area contributed by atoms with Crippen LogP contribution in [-0.2, 0) is 4.79 Å². The van der Waals surface area contributed by atoms with Crippen molar-refractivity contribution < 1.29 is 9.90 Å². The zero-order valence-corrected chi connectivity index (χ0v) is 10.8. The second kappa shape index (κ2) is 9.25. The van der Waals surface area contributed by atoms with Crippen molar-refractivity contribution in [1.29, 1.82) is 0 Å². The molecule has 0 bridgehead atoms. The summed E-state index contributed by atoms with van der Waals surface area (Å²) < 4.78 is 0. The van der Waals surface area contributed by atoms with Crippen LogP contribution in [0.1, 0.15) is 52.9 Å². The van der Waals surface area contributed by atoms with Crippen molar-refractivity contribution in [2.75, 3.05) is 13.1 Å². The van der Waals surface area contributed by atoms with Crippen LogP contribution in [0, 0.1) is 0 Å². The summed E-state index contributed by atoms with van der Waals surface area (Å²) in [6, 6.07) is 0. The van der Waals surface area contributed by atoms with Gasteiger partial charge in [0.15, 0.2) is 0 Å². The first-order chi connectivity index (χ1) is 7.61. The maximum atomic E-state index is 9.00. The predicted octanol–water partition coefficient (Wildman–Crippen LogP) is 3.27. The first-order valence-corrected chi connectivity index (χ1v) is 6.25. The predicted molar refractivity (Wildman–Crippen MR) is 67.4 cm³/mol. The molecule has 0 aromatic rings. The molecule has 94 valence electrons. The lowest BCUT2D eigenvalue weighted by molar-refractivity contribution is -0.134.